The Kier molecular flexibility index (Phi) is 7.10. The average Bonchev–Trinajstić information content (AvgIpc) is 3.05. The van der Waals surface area contributed by atoms with E-state index < -0.39 is 0 Å². The molecule has 0 spiro atoms. The zero-order valence-corrected chi connectivity index (χ0v) is 19.9. The molecular formula is C27H41NO3. The van der Waals surface area contributed by atoms with Gasteiger partial charge >= 0.3 is 0 Å². The van der Waals surface area contributed by atoms with Crippen LogP contribution in [0.25, 0.3) is 0 Å². The molecule has 4 nitrogen and oxygen atoms in total. The largest absolute Gasteiger partial charge is 0.508 e. The zero-order valence-electron chi connectivity index (χ0n) is 19.9. The molecule has 1 aromatic rings. The van der Waals surface area contributed by atoms with Gasteiger partial charge in [-0.3, -0.25) is 0 Å². The second kappa shape index (κ2) is 9.64. The van der Waals surface area contributed by atoms with Crippen LogP contribution in [0.2, 0.25) is 0 Å². The lowest BCUT2D eigenvalue weighted by Gasteiger charge is -2.52. The van der Waals surface area contributed by atoms with Gasteiger partial charge in [0.05, 0.1) is 26.4 Å². The lowest BCUT2D eigenvalue weighted by Crippen LogP contribution is -2.43. The van der Waals surface area contributed by atoms with Crippen molar-refractivity contribution in [1.82, 2.24) is 4.90 Å². The molecule has 172 valence electrons. The van der Waals surface area contributed by atoms with Crippen molar-refractivity contribution in [2.75, 3.05) is 47.1 Å². The quantitative estimate of drug-likeness (QED) is 0.467. The Morgan fingerprint density at radius 3 is 2.77 bits per heavy atom. The van der Waals surface area contributed by atoms with E-state index in [0.29, 0.717) is 42.8 Å². The number of phenolic OH excluding ortho intramolecular Hbond substituents is 1. The summed E-state index contributed by atoms with van der Waals surface area (Å²) in [6.07, 6.45) is 8.56. The predicted octanol–water partition coefficient (Wildman–Crippen LogP) is 5.02. The van der Waals surface area contributed by atoms with E-state index >= 15 is 0 Å². The fraction of sp³-hybridized carbons (Fsp3) is 0.704. The van der Waals surface area contributed by atoms with Crippen molar-refractivity contribution in [2.45, 2.75) is 51.9 Å². The van der Waals surface area contributed by atoms with E-state index in [1.54, 1.807) is 5.57 Å². The van der Waals surface area contributed by atoms with Crippen LogP contribution in [0.4, 0.5) is 0 Å². The number of hydrogen-bond acceptors (Lipinski definition) is 4. The molecule has 0 saturated heterocycles. The first-order chi connectivity index (χ1) is 14.9. The Bertz CT molecular complexity index is 789. The van der Waals surface area contributed by atoms with E-state index in [-0.39, 0.29) is 0 Å². The highest BCUT2D eigenvalue weighted by atomic mass is 16.5. The molecule has 4 rings (SSSR count). The van der Waals surface area contributed by atoms with Gasteiger partial charge in [-0.1, -0.05) is 31.6 Å². The van der Waals surface area contributed by atoms with E-state index in [1.165, 1.54) is 36.8 Å². The summed E-state index contributed by atoms with van der Waals surface area (Å²) in [6, 6.07) is 6.11. The molecule has 0 radical (unpaired) electrons. The van der Waals surface area contributed by atoms with E-state index in [1.807, 2.05) is 12.1 Å². The molecule has 31 heavy (non-hydrogen) atoms. The summed E-state index contributed by atoms with van der Waals surface area (Å²) in [7, 11) is 4.12. The zero-order chi connectivity index (χ0) is 22.0. The third-order valence-electron chi connectivity index (χ3n) is 8.41. The van der Waals surface area contributed by atoms with Gasteiger partial charge in [-0.2, -0.15) is 0 Å². The minimum Gasteiger partial charge on any atom is -0.508 e. The highest BCUT2D eigenvalue weighted by Gasteiger charge is 2.54. The van der Waals surface area contributed by atoms with E-state index in [0.717, 1.165) is 31.4 Å². The van der Waals surface area contributed by atoms with Gasteiger partial charge in [0.15, 0.2) is 0 Å². The third kappa shape index (κ3) is 4.72. The van der Waals surface area contributed by atoms with E-state index in [2.05, 4.69) is 45.0 Å². The molecule has 4 heteroatoms. The Morgan fingerprint density at radius 1 is 1.16 bits per heavy atom. The van der Waals surface area contributed by atoms with Gasteiger partial charge in [0.2, 0.25) is 0 Å². The number of hydrogen-bond donors (Lipinski definition) is 1. The van der Waals surface area contributed by atoms with Gasteiger partial charge < -0.3 is 19.5 Å². The van der Waals surface area contributed by atoms with Gasteiger partial charge in [0, 0.05) is 6.54 Å². The van der Waals surface area contributed by atoms with Crippen LogP contribution < -0.4 is 0 Å². The van der Waals surface area contributed by atoms with Gasteiger partial charge in [0.1, 0.15) is 5.75 Å². The van der Waals surface area contributed by atoms with Crippen molar-refractivity contribution in [3.63, 3.8) is 0 Å². The number of likely N-dealkylation sites (N-methyl/N-ethyl adjacent to an activating group) is 1. The molecule has 0 aliphatic heterocycles. The Hall–Kier alpha value is -1.36. The number of fused-ring (bicyclic) bond motifs is 5. The van der Waals surface area contributed by atoms with Gasteiger partial charge in [-0.25, -0.2) is 0 Å². The summed E-state index contributed by atoms with van der Waals surface area (Å²) in [5.41, 5.74) is 4.86. The van der Waals surface area contributed by atoms with Crippen LogP contribution in [0.1, 0.15) is 56.6 Å². The molecule has 0 heterocycles. The molecule has 3 aliphatic rings. The van der Waals surface area contributed by atoms with Crippen molar-refractivity contribution in [1.29, 1.82) is 0 Å². The predicted molar refractivity (Wildman–Crippen MR) is 126 cm³/mol. The molecular weight excluding hydrogens is 386 g/mol. The standard InChI is InChI=1S/C27H41NO3/c1-19-17-20-18-22(29)6-7-23(20)24-9-11-27(2)21(5-8-25(27)26(19)24)10-13-30-15-16-31-14-12-28(3)4/h6-7,10,18-19,24-26,29H,5,8-9,11-17H2,1-4H3/b21-10+. The normalized spacial score (nSPS) is 33.4. The molecule has 5 unspecified atom stereocenters. The first kappa shape index (κ1) is 22.8. The second-order valence-electron chi connectivity index (χ2n) is 10.6. The molecule has 0 bridgehead atoms. The summed E-state index contributed by atoms with van der Waals surface area (Å²) in [5.74, 6) is 3.28. The SMILES string of the molecule is CC1Cc2cc(O)ccc2C2CCC3(C)/C(=C/COCCOCCN(C)C)CCC3C12. The topological polar surface area (TPSA) is 41.9 Å². The van der Waals surface area contributed by atoms with Crippen LogP contribution in [-0.2, 0) is 15.9 Å². The lowest BCUT2D eigenvalue weighted by atomic mass is 9.52. The Morgan fingerprint density at radius 2 is 1.97 bits per heavy atom. The summed E-state index contributed by atoms with van der Waals surface area (Å²) in [5, 5.41) is 9.95. The maximum Gasteiger partial charge on any atom is 0.115 e. The van der Waals surface area contributed by atoms with Crippen molar-refractivity contribution < 1.29 is 14.6 Å². The van der Waals surface area contributed by atoms with Gasteiger partial charge in [-0.05, 0) is 98.5 Å². The number of phenols is 1. The number of allylic oxidation sites excluding steroid dienone is 1. The summed E-state index contributed by atoms with van der Waals surface area (Å²) < 4.78 is 11.5. The van der Waals surface area contributed by atoms with Crippen LogP contribution in [0.5, 0.6) is 5.75 Å². The first-order valence-electron chi connectivity index (χ1n) is 12.2. The molecule has 0 aromatic heterocycles. The fourth-order valence-electron chi connectivity index (χ4n) is 6.86. The molecule has 2 saturated carbocycles. The molecule has 2 fully saturated rings. The van der Waals surface area contributed by atoms with Gasteiger partial charge in [0.25, 0.3) is 0 Å². The van der Waals surface area contributed by atoms with Crippen LogP contribution in [0, 0.1) is 23.2 Å². The smallest absolute Gasteiger partial charge is 0.115 e. The fourth-order valence-corrected chi connectivity index (χ4v) is 6.86. The average molecular weight is 428 g/mol. The number of rotatable bonds is 8. The lowest BCUT2D eigenvalue weighted by molar-refractivity contribution is 0.0453. The number of ether oxygens (including phenoxy) is 2. The molecule has 1 N–H and O–H groups in total. The number of aromatic hydroxyl groups is 1. The maximum absolute atomic E-state index is 9.95. The van der Waals surface area contributed by atoms with Crippen molar-refractivity contribution in [3.05, 3.63) is 41.0 Å². The Labute approximate surface area is 188 Å². The van der Waals surface area contributed by atoms with Crippen LogP contribution >= 0.6 is 0 Å². The Balaban J connectivity index is 1.36. The molecule has 0 amide bonds. The highest BCUT2D eigenvalue weighted by molar-refractivity contribution is 5.41. The maximum atomic E-state index is 9.95. The van der Waals surface area contributed by atoms with Gasteiger partial charge in [-0.15, -0.1) is 0 Å². The van der Waals surface area contributed by atoms with Crippen molar-refractivity contribution in [3.8, 4) is 5.75 Å². The van der Waals surface area contributed by atoms with E-state index in [4.69, 9.17) is 9.47 Å². The third-order valence-corrected chi connectivity index (χ3v) is 8.41. The molecule has 5 atom stereocenters. The summed E-state index contributed by atoms with van der Waals surface area (Å²) in [6.45, 7) is 8.74. The first-order valence-corrected chi connectivity index (χ1v) is 12.2. The minimum absolute atomic E-state index is 0.329. The highest BCUT2D eigenvalue weighted by Crippen LogP contribution is 2.63. The molecule has 1 aromatic carbocycles. The monoisotopic (exact) mass is 427 g/mol. The second-order valence-corrected chi connectivity index (χ2v) is 10.6. The van der Waals surface area contributed by atoms with E-state index in [9.17, 15) is 5.11 Å². The summed E-state index contributed by atoms with van der Waals surface area (Å²) >= 11 is 0. The number of benzene rings is 1. The summed E-state index contributed by atoms with van der Waals surface area (Å²) in [4.78, 5) is 2.13. The van der Waals surface area contributed by atoms with Crippen LogP contribution in [-0.4, -0.2) is 57.1 Å². The van der Waals surface area contributed by atoms with Crippen LogP contribution in [0.3, 0.4) is 0 Å². The van der Waals surface area contributed by atoms with Crippen molar-refractivity contribution in [2.24, 2.45) is 23.2 Å². The van der Waals surface area contributed by atoms with Crippen molar-refractivity contribution >= 4 is 0 Å². The minimum atomic E-state index is 0.329. The molecule has 3 aliphatic carbocycles. The number of nitrogens with zero attached hydrogens (tertiary/aromatic N) is 1. The van der Waals surface area contributed by atoms with Crippen LogP contribution in [0.15, 0.2) is 29.8 Å².